The smallest absolute Gasteiger partial charge is 0.293 e. The number of anilines is 1. The maximum Gasteiger partial charge on any atom is 0.293 e. The first kappa shape index (κ1) is 20.6. The van der Waals surface area contributed by atoms with Crippen LogP contribution in [0.4, 0.5) is 11.4 Å². The van der Waals surface area contributed by atoms with Crippen LogP contribution in [0.25, 0.3) is 0 Å². The SMILES string of the molecule is CNS(=O)(=O)c1ccc(NCC(=O)NCc2ccccc2Cl)c([N+](=O)[O-])c1. The highest BCUT2D eigenvalue weighted by atomic mass is 35.5. The van der Waals surface area contributed by atoms with Crippen LogP contribution in [-0.2, 0) is 21.4 Å². The molecule has 0 aliphatic rings. The molecule has 11 heteroatoms. The van der Waals surface area contributed by atoms with Crippen LogP contribution in [0, 0.1) is 10.1 Å². The number of nitrogens with zero attached hydrogens (tertiary/aromatic N) is 1. The van der Waals surface area contributed by atoms with Gasteiger partial charge in [-0.1, -0.05) is 29.8 Å². The topological polar surface area (TPSA) is 130 Å². The molecule has 3 N–H and O–H groups in total. The van der Waals surface area contributed by atoms with Gasteiger partial charge in [-0.25, -0.2) is 13.1 Å². The normalized spacial score (nSPS) is 11.0. The van der Waals surface area contributed by atoms with E-state index in [0.717, 1.165) is 11.6 Å². The second-order valence-corrected chi connectivity index (χ2v) is 7.66. The number of benzene rings is 2. The van der Waals surface area contributed by atoms with E-state index >= 15 is 0 Å². The number of rotatable bonds is 8. The van der Waals surface area contributed by atoms with E-state index in [0.29, 0.717) is 5.02 Å². The zero-order valence-corrected chi connectivity index (χ0v) is 15.8. The van der Waals surface area contributed by atoms with Gasteiger partial charge in [-0.3, -0.25) is 14.9 Å². The van der Waals surface area contributed by atoms with Gasteiger partial charge in [-0.2, -0.15) is 0 Å². The monoisotopic (exact) mass is 412 g/mol. The number of nitro groups is 1. The van der Waals surface area contributed by atoms with Crippen molar-refractivity contribution in [3.05, 3.63) is 63.2 Å². The Kier molecular flexibility index (Phi) is 6.72. The van der Waals surface area contributed by atoms with E-state index in [2.05, 4.69) is 15.4 Å². The standard InChI is InChI=1S/C16H17ClN4O5S/c1-18-27(25,26)12-6-7-14(15(8-12)21(23)24)19-10-16(22)20-9-11-4-2-3-5-13(11)17/h2-8,18-19H,9-10H2,1H3,(H,20,22). The van der Waals surface area contributed by atoms with Gasteiger partial charge in [0, 0.05) is 17.6 Å². The highest BCUT2D eigenvalue weighted by molar-refractivity contribution is 7.89. The molecule has 2 aromatic carbocycles. The summed E-state index contributed by atoms with van der Waals surface area (Å²) in [6, 6.07) is 10.4. The minimum absolute atomic E-state index is 0.0305. The Bertz CT molecular complexity index is 965. The van der Waals surface area contributed by atoms with Crippen LogP contribution in [0.2, 0.25) is 5.02 Å². The summed E-state index contributed by atoms with van der Waals surface area (Å²) in [5.74, 6) is -0.406. The third-order valence-corrected chi connectivity index (χ3v) is 5.40. The molecule has 0 spiro atoms. The van der Waals surface area contributed by atoms with Crippen LogP contribution >= 0.6 is 11.6 Å². The number of amides is 1. The van der Waals surface area contributed by atoms with Crippen molar-refractivity contribution in [2.45, 2.75) is 11.4 Å². The molecule has 2 rings (SSSR count). The van der Waals surface area contributed by atoms with Gasteiger partial charge in [-0.05, 0) is 30.8 Å². The Morgan fingerprint density at radius 1 is 1.22 bits per heavy atom. The number of hydrogen-bond donors (Lipinski definition) is 3. The summed E-state index contributed by atoms with van der Waals surface area (Å²) in [5, 5.41) is 17.0. The molecular weight excluding hydrogens is 396 g/mol. The second kappa shape index (κ2) is 8.80. The molecule has 0 bridgehead atoms. The van der Waals surface area contributed by atoms with Gasteiger partial charge in [0.25, 0.3) is 5.69 Å². The molecule has 0 aromatic heterocycles. The molecule has 0 saturated heterocycles. The molecule has 0 aliphatic heterocycles. The van der Waals surface area contributed by atoms with Gasteiger partial charge in [0.05, 0.1) is 16.4 Å². The van der Waals surface area contributed by atoms with Crippen LogP contribution in [0.1, 0.15) is 5.56 Å². The summed E-state index contributed by atoms with van der Waals surface area (Å²) in [6.07, 6.45) is 0. The van der Waals surface area contributed by atoms with Crippen molar-refractivity contribution in [2.75, 3.05) is 18.9 Å². The Labute approximate surface area is 160 Å². The number of nitro benzene ring substituents is 1. The molecule has 0 heterocycles. The van der Waals surface area contributed by atoms with Gasteiger partial charge >= 0.3 is 0 Å². The first-order valence-electron chi connectivity index (χ1n) is 7.70. The van der Waals surface area contributed by atoms with Crippen molar-refractivity contribution in [1.82, 2.24) is 10.0 Å². The molecule has 1 amide bonds. The number of carbonyl (C=O) groups is 1. The lowest BCUT2D eigenvalue weighted by Crippen LogP contribution is -2.29. The van der Waals surface area contributed by atoms with Crippen LogP contribution in [0.3, 0.4) is 0 Å². The largest absolute Gasteiger partial charge is 0.371 e. The number of nitrogens with one attached hydrogen (secondary N) is 3. The Hall–Kier alpha value is -2.69. The highest BCUT2D eigenvalue weighted by Gasteiger charge is 2.20. The second-order valence-electron chi connectivity index (χ2n) is 5.37. The summed E-state index contributed by atoms with van der Waals surface area (Å²) >= 11 is 6.00. The van der Waals surface area contributed by atoms with Crippen LogP contribution in [-0.4, -0.2) is 32.8 Å². The molecule has 0 atom stereocenters. The first-order valence-corrected chi connectivity index (χ1v) is 9.56. The van der Waals surface area contributed by atoms with Gasteiger partial charge in [0.1, 0.15) is 5.69 Å². The van der Waals surface area contributed by atoms with Gasteiger partial charge < -0.3 is 10.6 Å². The van der Waals surface area contributed by atoms with E-state index in [9.17, 15) is 23.3 Å². The molecule has 9 nitrogen and oxygen atoms in total. The van der Waals surface area contributed by atoms with E-state index in [-0.39, 0.29) is 23.7 Å². The molecule has 27 heavy (non-hydrogen) atoms. The first-order chi connectivity index (χ1) is 12.7. The van der Waals surface area contributed by atoms with Gasteiger partial charge in [0.2, 0.25) is 15.9 Å². The number of carbonyl (C=O) groups excluding carboxylic acids is 1. The Morgan fingerprint density at radius 2 is 1.93 bits per heavy atom. The Balaban J connectivity index is 2.05. The molecule has 0 radical (unpaired) electrons. The summed E-state index contributed by atoms with van der Waals surface area (Å²) in [4.78, 5) is 22.2. The lowest BCUT2D eigenvalue weighted by molar-refractivity contribution is -0.384. The van der Waals surface area contributed by atoms with Gasteiger partial charge in [0.15, 0.2) is 0 Å². The molecule has 0 saturated carbocycles. The minimum Gasteiger partial charge on any atom is -0.371 e. The van der Waals surface area contributed by atoms with Crippen molar-refractivity contribution in [1.29, 1.82) is 0 Å². The van der Waals surface area contributed by atoms with Crippen LogP contribution in [0.5, 0.6) is 0 Å². The average Bonchev–Trinajstić information content (AvgIpc) is 2.65. The molecular formula is C16H17ClN4O5S. The summed E-state index contributed by atoms with van der Waals surface area (Å²) in [7, 11) is -2.61. The molecule has 0 fully saturated rings. The predicted molar refractivity (Wildman–Crippen MR) is 101 cm³/mol. The zero-order valence-electron chi connectivity index (χ0n) is 14.2. The lowest BCUT2D eigenvalue weighted by Gasteiger charge is -2.10. The highest BCUT2D eigenvalue weighted by Crippen LogP contribution is 2.27. The van der Waals surface area contributed by atoms with Gasteiger partial charge in [-0.15, -0.1) is 0 Å². The van der Waals surface area contributed by atoms with Crippen LogP contribution in [0.15, 0.2) is 47.4 Å². The maximum absolute atomic E-state index is 12.0. The van der Waals surface area contributed by atoms with Crippen molar-refractivity contribution < 1.29 is 18.1 Å². The predicted octanol–water partition coefficient (Wildman–Crippen LogP) is 1.88. The average molecular weight is 413 g/mol. The zero-order chi connectivity index (χ0) is 20.0. The fraction of sp³-hybridized carbons (Fsp3) is 0.188. The van der Waals surface area contributed by atoms with E-state index in [1.54, 1.807) is 24.3 Å². The van der Waals surface area contributed by atoms with E-state index in [4.69, 9.17) is 11.6 Å². The van der Waals surface area contributed by atoms with E-state index in [1.165, 1.54) is 19.2 Å². The quantitative estimate of drug-likeness (QED) is 0.448. The van der Waals surface area contributed by atoms with E-state index < -0.39 is 26.5 Å². The lowest BCUT2D eigenvalue weighted by atomic mass is 10.2. The molecule has 2 aromatic rings. The van der Waals surface area contributed by atoms with Crippen molar-refractivity contribution >= 4 is 38.9 Å². The number of hydrogen-bond acceptors (Lipinski definition) is 6. The van der Waals surface area contributed by atoms with Crippen molar-refractivity contribution in [3.63, 3.8) is 0 Å². The minimum atomic E-state index is -3.82. The summed E-state index contributed by atoms with van der Waals surface area (Å²) < 4.78 is 25.6. The number of sulfonamides is 1. The maximum atomic E-state index is 12.0. The molecule has 144 valence electrons. The van der Waals surface area contributed by atoms with E-state index in [1.807, 2.05) is 0 Å². The third-order valence-electron chi connectivity index (χ3n) is 3.62. The summed E-state index contributed by atoms with van der Waals surface area (Å²) in [6.45, 7) is -0.0228. The summed E-state index contributed by atoms with van der Waals surface area (Å²) in [5.41, 5.74) is 0.313. The fourth-order valence-electron chi connectivity index (χ4n) is 2.17. The third kappa shape index (κ3) is 5.39. The van der Waals surface area contributed by atoms with Crippen molar-refractivity contribution in [2.24, 2.45) is 0 Å². The van der Waals surface area contributed by atoms with Crippen LogP contribution < -0.4 is 15.4 Å². The Morgan fingerprint density at radius 3 is 2.56 bits per heavy atom. The number of halogens is 1. The molecule has 0 unspecified atom stereocenters. The van der Waals surface area contributed by atoms with Crippen molar-refractivity contribution in [3.8, 4) is 0 Å². The fourth-order valence-corrected chi connectivity index (χ4v) is 3.12. The molecule has 0 aliphatic carbocycles.